The highest BCUT2D eigenvalue weighted by Crippen LogP contribution is 2.25. The van der Waals surface area contributed by atoms with Gasteiger partial charge in [-0.1, -0.05) is 12.8 Å². The zero-order chi connectivity index (χ0) is 20.5. The molecule has 0 aliphatic carbocycles. The predicted molar refractivity (Wildman–Crippen MR) is 91.3 cm³/mol. The second kappa shape index (κ2) is 17.7. The summed E-state index contributed by atoms with van der Waals surface area (Å²) >= 11 is 0. The van der Waals surface area contributed by atoms with E-state index in [1.165, 1.54) is 0 Å². The van der Waals surface area contributed by atoms with Crippen LogP contribution in [0.15, 0.2) is 0 Å². The van der Waals surface area contributed by atoms with E-state index in [0.717, 1.165) is 25.7 Å². The van der Waals surface area contributed by atoms with Crippen LogP contribution in [0.5, 0.6) is 0 Å². The van der Waals surface area contributed by atoms with Gasteiger partial charge in [-0.25, -0.2) is 4.57 Å². The van der Waals surface area contributed by atoms with E-state index >= 15 is 0 Å². The number of hydrogen-bond donors (Lipinski definition) is 9. The van der Waals surface area contributed by atoms with Gasteiger partial charge in [0.1, 0.15) is 12.1 Å². The molecule has 0 rings (SSSR count). The van der Waals surface area contributed by atoms with Crippen LogP contribution in [0.3, 0.4) is 0 Å². The van der Waals surface area contributed by atoms with E-state index < -0.39 is 31.8 Å². The third-order valence-corrected chi connectivity index (χ3v) is 2.57. The van der Waals surface area contributed by atoms with Gasteiger partial charge < -0.3 is 47.8 Å². The standard InChI is InChI=1S/2C6H14N2O2.H3O4P/c2*7-4-2-1-3-5(8)6(9)10;1-5(2,3)4/h2*5H,1-4,7-8H2,(H,9,10);(H3,1,2,3,4)/t2*5-;/m00./s1. The van der Waals surface area contributed by atoms with Crippen LogP contribution >= 0.6 is 7.82 Å². The van der Waals surface area contributed by atoms with Crippen molar-refractivity contribution in [1.82, 2.24) is 0 Å². The minimum absolute atomic E-state index is 0.520. The van der Waals surface area contributed by atoms with Gasteiger partial charge in [-0.3, -0.25) is 9.59 Å². The number of rotatable bonds is 10. The van der Waals surface area contributed by atoms with Gasteiger partial charge in [0.25, 0.3) is 0 Å². The number of carbonyl (C=O) groups is 2. The molecule has 0 heterocycles. The smallest absolute Gasteiger partial charge is 0.466 e. The molecule has 0 aromatic rings. The number of hydrogen-bond acceptors (Lipinski definition) is 7. The Morgan fingerprint density at radius 1 is 0.760 bits per heavy atom. The fraction of sp³-hybridized carbons (Fsp3) is 0.833. The predicted octanol–water partition coefficient (Wildman–Crippen LogP) is -1.87. The Bertz CT molecular complexity index is 359. The number of carboxylic acids is 2. The molecule has 0 saturated heterocycles. The summed E-state index contributed by atoms with van der Waals surface area (Å²) in [5.41, 5.74) is 20.8. The van der Waals surface area contributed by atoms with E-state index in [0.29, 0.717) is 25.9 Å². The van der Waals surface area contributed by atoms with Crippen LogP contribution in [0.1, 0.15) is 38.5 Å². The number of aliphatic carboxylic acids is 2. The summed E-state index contributed by atoms with van der Waals surface area (Å²) in [6, 6.07) is -1.43. The van der Waals surface area contributed by atoms with E-state index in [-0.39, 0.29) is 0 Å². The number of carboxylic acid groups (broad SMARTS) is 2. The third-order valence-electron chi connectivity index (χ3n) is 2.57. The topological polar surface area (TPSA) is 256 Å². The molecule has 0 aromatic heterocycles. The average molecular weight is 390 g/mol. The summed E-state index contributed by atoms with van der Waals surface area (Å²) in [5.74, 6) is -1.87. The fourth-order valence-corrected chi connectivity index (χ4v) is 1.26. The van der Waals surface area contributed by atoms with Crippen LogP contribution in [0.25, 0.3) is 0 Å². The fourth-order valence-electron chi connectivity index (χ4n) is 1.26. The highest BCUT2D eigenvalue weighted by atomic mass is 31.2. The van der Waals surface area contributed by atoms with Gasteiger partial charge >= 0.3 is 19.8 Å². The van der Waals surface area contributed by atoms with Crippen molar-refractivity contribution in [3.05, 3.63) is 0 Å². The normalized spacial score (nSPS) is 12.8. The first-order chi connectivity index (χ1) is 11.4. The summed E-state index contributed by atoms with van der Waals surface area (Å²) in [4.78, 5) is 41.8. The maximum Gasteiger partial charge on any atom is 0.466 e. The van der Waals surface area contributed by atoms with E-state index in [9.17, 15) is 9.59 Å². The lowest BCUT2D eigenvalue weighted by atomic mass is 10.1. The van der Waals surface area contributed by atoms with Crippen molar-refractivity contribution < 1.29 is 39.0 Å². The van der Waals surface area contributed by atoms with Crippen molar-refractivity contribution in [2.24, 2.45) is 22.9 Å². The molecule has 0 aliphatic heterocycles. The molecule has 12 nitrogen and oxygen atoms in total. The first-order valence-electron chi connectivity index (χ1n) is 7.52. The van der Waals surface area contributed by atoms with Crippen molar-refractivity contribution in [1.29, 1.82) is 0 Å². The van der Waals surface area contributed by atoms with Gasteiger partial charge in [-0.05, 0) is 38.8 Å². The van der Waals surface area contributed by atoms with Crippen LogP contribution in [0.4, 0.5) is 0 Å². The van der Waals surface area contributed by atoms with Gasteiger partial charge in [-0.15, -0.1) is 0 Å². The molecule has 0 amide bonds. The molecule has 2 atom stereocenters. The molecule has 25 heavy (non-hydrogen) atoms. The Hall–Kier alpha value is -1.11. The first-order valence-corrected chi connectivity index (χ1v) is 9.08. The number of phosphoric acid groups is 1. The van der Waals surface area contributed by atoms with Crippen molar-refractivity contribution in [3.8, 4) is 0 Å². The zero-order valence-electron chi connectivity index (χ0n) is 14.0. The van der Waals surface area contributed by atoms with Gasteiger partial charge in [0, 0.05) is 0 Å². The van der Waals surface area contributed by atoms with E-state index in [1.54, 1.807) is 0 Å². The molecule has 152 valence electrons. The summed E-state index contributed by atoms with van der Waals surface area (Å²) in [6.07, 6.45) is 4.33. The SMILES string of the molecule is NCCCC[C@H](N)C(=O)O.NCCCC[C@H](N)C(=O)O.O=P(O)(O)O. The molecule has 0 saturated carbocycles. The van der Waals surface area contributed by atoms with E-state index in [1.807, 2.05) is 0 Å². The Balaban J connectivity index is -0.000000308. The molecular formula is C12H31N4O8P. The van der Waals surface area contributed by atoms with Crippen LogP contribution in [0, 0.1) is 0 Å². The third kappa shape index (κ3) is 35.0. The van der Waals surface area contributed by atoms with Gasteiger partial charge in [-0.2, -0.15) is 0 Å². The van der Waals surface area contributed by atoms with Crippen LogP contribution in [0.2, 0.25) is 0 Å². The van der Waals surface area contributed by atoms with Gasteiger partial charge in [0.2, 0.25) is 0 Å². The molecule has 0 spiro atoms. The molecule has 13 N–H and O–H groups in total. The molecule has 0 bridgehead atoms. The van der Waals surface area contributed by atoms with Crippen LogP contribution in [-0.4, -0.2) is 62.0 Å². The van der Waals surface area contributed by atoms with Crippen molar-refractivity contribution in [2.75, 3.05) is 13.1 Å². The quantitative estimate of drug-likeness (QED) is 0.147. The summed E-state index contributed by atoms with van der Waals surface area (Å²) < 4.78 is 8.88. The molecule has 0 unspecified atom stereocenters. The van der Waals surface area contributed by atoms with Crippen LogP contribution in [-0.2, 0) is 14.2 Å². The molecule has 0 aliphatic rings. The Kier molecular flexibility index (Phi) is 20.3. The maximum absolute atomic E-state index is 10.1. The first kappa shape index (κ1) is 28.7. The number of nitrogens with two attached hydrogens (primary N) is 4. The average Bonchev–Trinajstić information content (AvgIpc) is 2.46. The second-order valence-corrected chi connectivity index (χ2v) is 6.00. The maximum atomic E-state index is 10.1. The lowest BCUT2D eigenvalue weighted by Crippen LogP contribution is -2.29. The largest absolute Gasteiger partial charge is 0.480 e. The van der Waals surface area contributed by atoms with Crippen LogP contribution < -0.4 is 22.9 Å². The molecule has 0 aromatic carbocycles. The molecule has 0 radical (unpaired) electrons. The summed E-state index contributed by atoms with van der Waals surface area (Å²) in [5, 5.41) is 16.7. The van der Waals surface area contributed by atoms with E-state index in [2.05, 4.69) is 0 Å². The summed E-state index contributed by atoms with van der Waals surface area (Å²) in [6.45, 7) is 1.21. The lowest BCUT2D eigenvalue weighted by Gasteiger charge is -2.03. The van der Waals surface area contributed by atoms with Crippen molar-refractivity contribution in [2.45, 2.75) is 50.6 Å². The second-order valence-electron chi connectivity index (χ2n) is 4.97. The Morgan fingerprint density at radius 3 is 1.16 bits per heavy atom. The van der Waals surface area contributed by atoms with Crippen molar-refractivity contribution in [3.63, 3.8) is 0 Å². The monoisotopic (exact) mass is 390 g/mol. The molecular weight excluding hydrogens is 359 g/mol. The van der Waals surface area contributed by atoms with Gasteiger partial charge in [0.15, 0.2) is 0 Å². The lowest BCUT2D eigenvalue weighted by molar-refractivity contribution is -0.139. The van der Waals surface area contributed by atoms with E-state index in [4.69, 9.17) is 52.4 Å². The molecule has 13 heteroatoms. The highest BCUT2D eigenvalue weighted by molar-refractivity contribution is 7.45. The number of unbranched alkanes of at least 4 members (excludes halogenated alkanes) is 2. The zero-order valence-corrected chi connectivity index (χ0v) is 14.9. The highest BCUT2D eigenvalue weighted by Gasteiger charge is 2.09. The summed E-state index contributed by atoms with van der Waals surface area (Å²) in [7, 11) is -4.64. The Morgan fingerprint density at radius 2 is 1.00 bits per heavy atom. The van der Waals surface area contributed by atoms with Gasteiger partial charge in [0.05, 0.1) is 0 Å². The molecule has 0 fully saturated rings. The minimum atomic E-state index is -4.64. The van der Waals surface area contributed by atoms with Crippen molar-refractivity contribution >= 4 is 19.8 Å². The Labute approximate surface area is 146 Å². The minimum Gasteiger partial charge on any atom is -0.480 e.